The van der Waals surface area contributed by atoms with Gasteiger partial charge in [0.15, 0.2) is 5.58 Å². The quantitative estimate of drug-likeness (QED) is 0.825. The number of thioether (sulfide) groups is 1. The first kappa shape index (κ1) is 13.9. The van der Waals surface area contributed by atoms with Crippen LogP contribution >= 0.6 is 11.8 Å². The number of nitrogens with one attached hydrogen (secondary N) is 1. The summed E-state index contributed by atoms with van der Waals surface area (Å²) in [6, 6.07) is 5.92. The van der Waals surface area contributed by atoms with Crippen molar-refractivity contribution in [1.82, 2.24) is 10.3 Å². The SMILES string of the molecule is CCCNC(=O)CCSc1nc2cc(C)ccc2o1. The molecule has 0 radical (unpaired) electrons. The van der Waals surface area contributed by atoms with Crippen LogP contribution < -0.4 is 5.32 Å². The van der Waals surface area contributed by atoms with E-state index in [1.54, 1.807) is 0 Å². The van der Waals surface area contributed by atoms with Gasteiger partial charge in [-0.1, -0.05) is 24.8 Å². The number of carbonyl (C=O) groups excluding carboxylic acids is 1. The molecule has 0 aliphatic heterocycles. The number of oxazole rings is 1. The first-order valence-electron chi connectivity index (χ1n) is 6.45. The Kier molecular flexibility index (Phi) is 4.85. The van der Waals surface area contributed by atoms with Crippen molar-refractivity contribution in [3.63, 3.8) is 0 Å². The molecule has 1 amide bonds. The molecule has 2 aromatic rings. The molecule has 0 spiro atoms. The van der Waals surface area contributed by atoms with Gasteiger partial charge in [-0.3, -0.25) is 4.79 Å². The average molecular weight is 278 g/mol. The van der Waals surface area contributed by atoms with Gasteiger partial charge in [-0.15, -0.1) is 0 Å². The van der Waals surface area contributed by atoms with Crippen molar-refractivity contribution in [3.8, 4) is 0 Å². The first-order chi connectivity index (χ1) is 9.19. The Morgan fingerprint density at radius 3 is 3.11 bits per heavy atom. The van der Waals surface area contributed by atoms with Crippen LogP contribution in [-0.2, 0) is 4.79 Å². The summed E-state index contributed by atoms with van der Waals surface area (Å²) in [4.78, 5) is 15.8. The molecular formula is C14H18N2O2S. The molecule has 0 aliphatic carbocycles. The second kappa shape index (κ2) is 6.61. The van der Waals surface area contributed by atoms with Crippen LogP contribution in [0.3, 0.4) is 0 Å². The van der Waals surface area contributed by atoms with Crippen LogP contribution in [0.25, 0.3) is 11.1 Å². The number of nitrogens with zero attached hydrogens (tertiary/aromatic N) is 1. The molecule has 0 saturated carbocycles. The van der Waals surface area contributed by atoms with E-state index < -0.39 is 0 Å². The van der Waals surface area contributed by atoms with Crippen molar-refractivity contribution in [2.75, 3.05) is 12.3 Å². The van der Waals surface area contributed by atoms with Gasteiger partial charge in [0.1, 0.15) is 5.52 Å². The molecule has 0 fully saturated rings. The lowest BCUT2D eigenvalue weighted by atomic mass is 10.2. The van der Waals surface area contributed by atoms with Crippen molar-refractivity contribution in [2.45, 2.75) is 31.9 Å². The van der Waals surface area contributed by atoms with Crippen LogP contribution in [0.2, 0.25) is 0 Å². The van der Waals surface area contributed by atoms with Crippen LogP contribution in [-0.4, -0.2) is 23.2 Å². The van der Waals surface area contributed by atoms with E-state index in [1.807, 2.05) is 32.0 Å². The molecule has 1 aromatic heterocycles. The summed E-state index contributed by atoms with van der Waals surface area (Å²) in [6.45, 7) is 4.81. The molecule has 0 bridgehead atoms. The molecule has 0 atom stereocenters. The van der Waals surface area contributed by atoms with Crippen LogP contribution in [0.15, 0.2) is 27.8 Å². The predicted molar refractivity (Wildman–Crippen MR) is 77.4 cm³/mol. The smallest absolute Gasteiger partial charge is 0.256 e. The highest BCUT2D eigenvalue weighted by Crippen LogP contribution is 2.24. The summed E-state index contributed by atoms with van der Waals surface area (Å²) in [7, 11) is 0. The fourth-order valence-corrected chi connectivity index (χ4v) is 2.44. The Labute approximate surface area is 117 Å². The van der Waals surface area contributed by atoms with Gasteiger partial charge >= 0.3 is 0 Å². The van der Waals surface area contributed by atoms with Gasteiger partial charge in [-0.2, -0.15) is 0 Å². The molecule has 102 valence electrons. The number of rotatable bonds is 6. The van der Waals surface area contributed by atoms with Gasteiger partial charge in [0, 0.05) is 18.7 Å². The van der Waals surface area contributed by atoms with Gasteiger partial charge in [0.2, 0.25) is 5.91 Å². The molecule has 1 heterocycles. The van der Waals surface area contributed by atoms with Crippen molar-refractivity contribution >= 4 is 28.8 Å². The highest BCUT2D eigenvalue weighted by molar-refractivity contribution is 7.99. The van der Waals surface area contributed by atoms with Gasteiger partial charge in [0.25, 0.3) is 5.22 Å². The van der Waals surface area contributed by atoms with Gasteiger partial charge in [0.05, 0.1) is 0 Å². The molecule has 0 saturated heterocycles. The van der Waals surface area contributed by atoms with E-state index >= 15 is 0 Å². The van der Waals surface area contributed by atoms with E-state index in [9.17, 15) is 4.79 Å². The fraction of sp³-hybridized carbons (Fsp3) is 0.429. The minimum absolute atomic E-state index is 0.0845. The highest BCUT2D eigenvalue weighted by Gasteiger charge is 2.07. The van der Waals surface area contributed by atoms with E-state index in [2.05, 4.69) is 10.3 Å². The Balaban J connectivity index is 1.86. The minimum Gasteiger partial charge on any atom is -0.431 e. The lowest BCUT2D eigenvalue weighted by Gasteiger charge is -2.01. The number of aryl methyl sites for hydroxylation is 1. The third kappa shape index (κ3) is 3.99. The second-order valence-corrected chi connectivity index (χ2v) is 5.45. The standard InChI is InChI=1S/C14H18N2O2S/c1-3-7-15-13(17)6-8-19-14-16-11-9-10(2)4-5-12(11)18-14/h4-5,9H,3,6-8H2,1-2H3,(H,15,17). The molecule has 1 aromatic carbocycles. The number of aromatic nitrogens is 1. The van der Waals surface area contributed by atoms with E-state index in [1.165, 1.54) is 11.8 Å². The molecule has 4 nitrogen and oxygen atoms in total. The average Bonchev–Trinajstić information content (AvgIpc) is 2.78. The molecule has 19 heavy (non-hydrogen) atoms. The monoisotopic (exact) mass is 278 g/mol. The number of hydrogen-bond acceptors (Lipinski definition) is 4. The molecule has 2 rings (SSSR count). The zero-order chi connectivity index (χ0) is 13.7. The van der Waals surface area contributed by atoms with Crippen LogP contribution in [0.4, 0.5) is 0 Å². The predicted octanol–water partition coefficient (Wildman–Crippen LogP) is 3.14. The zero-order valence-corrected chi connectivity index (χ0v) is 12.0. The van der Waals surface area contributed by atoms with Crippen molar-refractivity contribution in [1.29, 1.82) is 0 Å². The number of fused-ring (bicyclic) bond motifs is 1. The van der Waals surface area contributed by atoms with Crippen LogP contribution in [0.1, 0.15) is 25.3 Å². The van der Waals surface area contributed by atoms with E-state index in [0.717, 1.165) is 29.6 Å². The third-order valence-corrected chi connectivity index (χ3v) is 3.48. The Morgan fingerprint density at radius 1 is 1.47 bits per heavy atom. The Hall–Kier alpha value is -1.49. The lowest BCUT2D eigenvalue weighted by Crippen LogP contribution is -2.24. The summed E-state index contributed by atoms with van der Waals surface area (Å²) < 4.78 is 5.61. The van der Waals surface area contributed by atoms with Gasteiger partial charge < -0.3 is 9.73 Å². The summed E-state index contributed by atoms with van der Waals surface area (Å²) in [5.74, 6) is 0.766. The largest absolute Gasteiger partial charge is 0.431 e. The maximum absolute atomic E-state index is 11.4. The van der Waals surface area contributed by atoms with Crippen LogP contribution in [0, 0.1) is 6.92 Å². The Morgan fingerprint density at radius 2 is 2.32 bits per heavy atom. The van der Waals surface area contributed by atoms with Crippen LogP contribution in [0.5, 0.6) is 0 Å². The lowest BCUT2D eigenvalue weighted by molar-refractivity contribution is -0.120. The minimum atomic E-state index is 0.0845. The maximum Gasteiger partial charge on any atom is 0.256 e. The van der Waals surface area contributed by atoms with Crippen molar-refractivity contribution < 1.29 is 9.21 Å². The third-order valence-electron chi connectivity index (χ3n) is 2.65. The number of amides is 1. The number of carbonyl (C=O) groups is 1. The van der Waals surface area contributed by atoms with Gasteiger partial charge in [-0.25, -0.2) is 4.98 Å². The summed E-state index contributed by atoms with van der Waals surface area (Å²) in [6.07, 6.45) is 1.45. The number of benzene rings is 1. The fourth-order valence-electron chi connectivity index (χ4n) is 1.66. The van der Waals surface area contributed by atoms with E-state index in [-0.39, 0.29) is 5.91 Å². The van der Waals surface area contributed by atoms with Crippen molar-refractivity contribution in [3.05, 3.63) is 23.8 Å². The second-order valence-electron chi connectivity index (χ2n) is 4.40. The highest BCUT2D eigenvalue weighted by atomic mass is 32.2. The molecular weight excluding hydrogens is 260 g/mol. The molecule has 1 N–H and O–H groups in total. The summed E-state index contributed by atoms with van der Waals surface area (Å²) in [5.41, 5.74) is 2.83. The van der Waals surface area contributed by atoms with Gasteiger partial charge in [-0.05, 0) is 31.0 Å². The first-order valence-corrected chi connectivity index (χ1v) is 7.44. The van der Waals surface area contributed by atoms with Crippen molar-refractivity contribution in [2.24, 2.45) is 0 Å². The zero-order valence-electron chi connectivity index (χ0n) is 11.2. The molecule has 0 unspecified atom stereocenters. The molecule has 0 aliphatic rings. The normalized spacial score (nSPS) is 10.8. The van der Waals surface area contributed by atoms with E-state index in [4.69, 9.17) is 4.42 Å². The maximum atomic E-state index is 11.4. The molecule has 5 heteroatoms. The summed E-state index contributed by atoms with van der Waals surface area (Å²) in [5, 5.41) is 3.48. The summed E-state index contributed by atoms with van der Waals surface area (Å²) >= 11 is 1.48. The number of hydrogen-bond donors (Lipinski definition) is 1. The van der Waals surface area contributed by atoms with E-state index in [0.29, 0.717) is 17.4 Å². The Bertz CT molecular complexity index is 566. The topological polar surface area (TPSA) is 55.1 Å².